The molecule has 5 nitrogen and oxygen atoms in total. The summed E-state index contributed by atoms with van der Waals surface area (Å²) in [6.45, 7) is 0. The van der Waals surface area contributed by atoms with E-state index in [2.05, 4.69) is 15.5 Å². The fourth-order valence-corrected chi connectivity index (χ4v) is 2.68. The van der Waals surface area contributed by atoms with Crippen LogP contribution in [0.2, 0.25) is 0 Å². The number of nitrogens with zero attached hydrogens (tertiary/aromatic N) is 3. The SMILES string of the molecule is O=C(Nc1ccc2nn(-c3ccc(F)cc3)nc2c1)c1c(F)c(F)c(F)c(F)c1F. The smallest absolute Gasteiger partial charge is 0.261 e. The maximum atomic E-state index is 13.8. The molecule has 1 aromatic heterocycles. The minimum Gasteiger partial charge on any atom is -0.322 e. The molecule has 0 aliphatic heterocycles. The Bertz CT molecular complexity index is 1270. The summed E-state index contributed by atoms with van der Waals surface area (Å²) in [7, 11) is 0. The van der Waals surface area contributed by atoms with E-state index in [0.29, 0.717) is 11.2 Å². The number of nitrogens with one attached hydrogen (secondary N) is 1. The van der Waals surface area contributed by atoms with Gasteiger partial charge in [0.15, 0.2) is 23.3 Å². The van der Waals surface area contributed by atoms with E-state index >= 15 is 0 Å². The zero-order valence-electron chi connectivity index (χ0n) is 14.6. The number of halogens is 6. The van der Waals surface area contributed by atoms with E-state index in [9.17, 15) is 31.1 Å². The number of anilines is 1. The number of benzene rings is 3. The predicted molar refractivity (Wildman–Crippen MR) is 93.0 cm³/mol. The molecule has 4 rings (SSSR count). The minimum atomic E-state index is -2.36. The quantitative estimate of drug-likeness (QED) is 0.300. The maximum Gasteiger partial charge on any atom is 0.261 e. The van der Waals surface area contributed by atoms with Gasteiger partial charge in [0.25, 0.3) is 5.91 Å². The van der Waals surface area contributed by atoms with Gasteiger partial charge in [-0.3, -0.25) is 4.79 Å². The molecule has 1 amide bonds. The van der Waals surface area contributed by atoms with Gasteiger partial charge in [-0.15, -0.1) is 10.2 Å². The van der Waals surface area contributed by atoms with Crippen LogP contribution in [-0.4, -0.2) is 20.9 Å². The van der Waals surface area contributed by atoms with Crippen LogP contribution in [0.4, 0.5) is 32.0 Å². The van der Waals surface area contributed by atoms with E-state index in [4.69, 9.17) is 0 Å². The van der Waals surface area contributed by atoms with Gasteiger partial charge in [-0.05, 0) is 42.5 Å². The van der Waals surface area contributed by atoms with Crippen LogP contribution in [0.3, 0.4) is 0 Å². The molecule has 152 valence electrons. The minimum absolute atomic E-state index is 0.0254. The van der Waals surface area contributed by atoms with Crippen LogP contribution in [-0.2, 0) is 0 Å². The van der Waals surface area contributed by atoms with Crippen molar-refractivity contribution in [3.8, 4) is 5.69 Å². The van der Waals surface area contributed by atoms with Gasteiger partial charge in [0.1, 0.15) is 22.4 Å². The van der Waals surface area contributed by atoms with Gasteiger partial charge >= 0.3 is 0 Å². The van der Waals surface area contributed by atoms with Crippen LogP contribution < -0.4 is 5.32 Å². The van der Waals surface area contributed by atoms with Crippen molar-refractivity contribution in [2.24, 2.45) is 0 Å². The third-order valence-electron chi connectivity index (χ3n) is 4.13. The zero-order valence-corrected chi connectivity index (χ0v) is 14.6. The first kappa shape index (κ1) is 19.4. The molecule has 1 N–H and O–H groups in total. The lowest BCUT2D eigenvalue weighted by Gasteiger charge is -2.09. The lowest BCUT2D eigenvalue weighted by atomic mass is 10.1. The van der Waals surface area contributed by atoms with Crippen molar-refractivity contribution in [2.75, 3.05) is 5.32 Å². The van der Waals surface area contributed by atoms with Crippen molar-refractivity contribution in [1.29, 1.82) is 0 Å². The van der Waals surface area contributed by atoms with Crippen LogP contribution >= 0.6 is 0 Å². The molecule has 4 aromatic rings. The number of fused-ring (bicyclic) bond motifs is 1. The molecule has 11 heteroatoms. The lowest BCUT2D eigenvalue weighted by Crippen LogP contribution is -2.19. The second-order valence-electron chi connectivity index (χ2n) is 6.07. The summed E-state index contributed by atoms with van der Waals surface area (Å²) in [6, 6.07) is 9.27. The van der Waals surface area contributed by atoms with Crippen LogP contribution in [0.5, 0.6) is 0 Å². The van der Waals surface area contributed by atoms with Crippen molar-refractivity contribution in [1.82, 2.24) is 15.0 Å². The summed E-state index contributed by atoms with van der Waals surface area (Å²) in [5.74, 6) is -13.3. The molecule has 0 aliphatic rings. The van der Waals surface area contributed by atoms with Crippen molar-refractivity contribution in [3.63, 3.8) is 0 Å². The van der Waals surface area contributed by atoms with Crippen molar-refractivity contribution >= 4 is 22.6 Å². The normalized spacial score (nSPS) is 11.1. The van der Waals surface area contributed by atoms with E-state index in [1.54, 1.807) is 0 Å². The van der Waals surface area contributed by atoms with Crippen molar-refractivity contribution < 1.29 is 31.1 Å². The maximum absolute atomic E-state index is 13.8. The van der Waals surface area contributed by atoms with Crippen LogP contribution in [0.25, 0.3) is 16.7 Å². The van der Waals surface area contributed by atoms with E-state index in [0.717, 1.165) is 0 Å². The molecule has 0 spiro atoms. The van der Waals surface area contributed by atoms with Crippen molar-refractivity contribution in [3.05, 3.63) is 82.9 Å². The van der Waals surface area contributed by atoms with E-state index in [1.165, 1.54) is 47.3 Å². The first-order chi connectivity index (χ1) is 14.3. The van der Waals surface area contributed by atoms with Gasteiger partial charge in [0.2, 0.25) is 5.82 Å². The number of hydrogen-bond donors (Lipinski definition) is 1. The molecule has 0 atom stereocenters. The van der Waals surface area contributed by atoms with Gasteiger partial charge in [-0.2, -0.15) is 4.80 Å². The van der Waals surface area contributed by atoms with E-state index < -0.39 is 46.4 Å². The topological polar surface area (TPSA) is 59.8 Å². The molecule has 0 fully saturated rings. The van der Waals surface area contributed by atoms with Gasteiger partial charge in [0.05, 0.1) is 5.69 Å². The molecule has 0 bridgehead atoms. The first-order valence-electron chi connectivity index (χ1n) is 8.22. The Kier molecular flexibility index (Phi) is 4.65. The highest BCUT2D eigenvalue weighted by Crippen LogP contribution is 2.25. The summed E-state index contributed by atoms with van der Waals surface area (Å²) in [4.78, 5) is 13.3. The van der Waals surface area contributed by atoms with Crippen LogP contribution in [0.1, 0.15) is 10.4 Å². The molecule has 3 aromatic carbocycles. The zero-order chi connectivity index (χ0) is 21.6. The molecule has 0 saturated heterocycles. The van der Waals surface area contributed by atoms with Gasteiger partial charge in [-0.25, -0.2) is 26.3 Å². The summed E-state index contributed by atoms with van der Waals surface area (Å²) in [5.41, 5.74) is -0.577. The average molecular weight is 422 g/mol. The lowest BCUT2D eigenvalue weighted by molar-refractivity contribution is 0.101. The fourth-order valence-electron chi connectivity index (χ4n) is 2.68. The van der Waals surface area contributed by atoms with Crippen LogP contribution in [0, 0.1) is 34.9 Å². The highest BCUT2D eigenvalue weighted by molar-refractivity contribution is 6.05. The number of aromatic nitrogens is 3. The van der Waals surface area contributed by atoms with Crippen LogP contribution in [0.15, 0.2) is 42.5 Å². The predicted octanol–water partition coefficient (Wildman–Crippen LogP) is 4.51. The summed E-state index contributed by atoms with van der Waals surface area (Å²) >= 11 is 0. The molecule has 1 heterocycles. The molecule has 30 heavy (non-hydrogen) atoms. The largest absolute Gasteiger partial charge is 0.322 e. The molecule has 0 unspecified atom stereocenters. The van der Waals surface area contributed by atoms with Gasteiger partial charge in [0, 0.05) is 5.69 Å². The van der Waals surface area contributed by atoms with E-state index in [1.807, 2.05) is 0 Å². The molecular weight excluding hydrogens is 414 g/mol. The van der Waals surface area contributed by atoms with Gasteiger partial charge in [-0.1, -0.05) is 0 Å². The standard InChI is InChI=1S/C19H8F6N4O/c20-8-1-4-10(5-2-8)29-27-11-6-3-9(7-12(11)28-29)26-19(30)13-14(21)16(23)18(25)17(24)15(13)22/h1-7H,(H,26,30). The summed E-state index contributed by atoms with van der Waals surface area (Å²) < 4.78 is 80.4. The highest BCUT2D eigenvalue weighted by Gasteiger charge is 2.29. The fraction of sp³-hybridized carbons (Fsp3) is 0. The van der Waals surface area contributed by atoms with Gasteiger partial charge < -0.3 is 5.32 Å². The van der Waals surface area contributed by atoms with Crippen molar-refractivity contribution in [2.45, 2.75) is 0 Å². The Morgan fingerprint density at radius 2 is 1.30 bits per heavy atom. The molecule has 0 aliphatic carbocycles. The molecule has 0 saturated carbocycles. The number of carbonyl (C=O) groups excluding carboxylic acids is 1. The second-order valence-corrected chi connectivity index (χ2v) is 6.07. The molecule has 0 radical (unpaired) electrons. The summed E-state index contributed by atoms with van der Waals surface area (Å²) in [5, 5.41) is 10.4. The molecular formula is C19H8F6N4O. The Labute approximate surface area is 163 Å². The average Bonchev–Trinajstić information content (AvgIpc) is 3.15. The second kappa shape index (κ2) is 7.17. The number of hydrogen-bond acceptors (Lipinski definition) is 3. The monoisotopic (exact) mass is 422 g/mol. The number of carbonyl (C=O) groups is 1. The number of amides is 1. The van der Waals surface area contributed by atoms with E-state index in [-0.39, 0.29) is 11.2 Å². The third kappa shape index (κ3) is 3.23. The number of rotatable bonds is 3. The third-order valence-corrected chi connectivity index (χ3v) is 4.13. The Morgan fingerprint density at radius 1 is 0.733 bits per heavy atom. The Morgan fingerprint density at radius 3 is 1.93 bits per heavy atom. The Hall–Kier alpha value is -3.89. The highest BCUT2D eigenvalue weighted by atomic mass is 19.2. The summed E-state index contributed by atoms with van der Waals surface area (Å²) in [6.07, 6.45) is 0. The Balaban J connectivity index is 1.66. The first-order valence-corrected chi connectivity index (χ1v) is 8.22.